The van der Waals surface area contributed by atoms with Crippen LogP contribution >= 0.6 is 11.6 Å². The summed E-state index contributed by atoms with van der Waals surface area (Å²) in [7, 11) is 0. The topological polar surface area (TPSA) is 9.23 Å². The summed E-state index contributed by atoms with van der Waals surface area (Å²) in [5.74, 6) is -0.580. The Morgan fingerprint density at radius 3 is 2.61 bits per heavy atom. The Bertz CT molecular complexity index is 570. The van der Waals surface area contributed by atoms with E-state index in [1.54, 1.807) is 25.1 Å². The summed E-state index contributed by atoms with van der Waals surface area (Å²) in [5, 5.41) is -0.0647. The smallest absolute Gasteiger partial charge is 0.145 e. The van der Waals surface area contributed by atoms with E-state index in [4.69, 9.17) is 16.3 Å². The maximum absolute atomic E-state index is 13.3. The van der Waals surface area contributed by atoms with E-state index in [-0.39, 0.29) is 23.2 Å². The van der Waals surface area contributed by atoms with E-state index >= 15 is 0 Å². The van der Waals surface area contributed by atoms with Crippen molar-refractivity contribution in [2.24, 2.45) is 0 Å². The van der Waals surface area contributed by atoms with Crippen LogP contribution in [0.5, 0.6) is 5.75 Å². The SMILES string of the molecule is Cc1ccc(COc2cccc(F)c2Cl)cc1F. The predicted molar refractivity (Wildman–Crippen MR) is 66.9 cm³/mol. The number of hydrogen-bond acceptors (Lipinski definition) is 1. The molecule has 0 spiro atoms. The highest BCUT2D eigenvalue weighted by Crippen LogP contribution is 2.27. The van der Waals surface area contributed by atoms with Gasteiger partial charge < -0.3 is 4.74 Å². The number of aryl methyl sites for hydroxylation is 1. The lowest BCUT2D eigenvalue weighted by molar-refractivity contribution is 0.304. The molecule has 0 saturated carbocycles. The second-order valence-corrected chi connectivity index (χ2v) is 4.30. The normalized spacial score (nSPS) is 10.4. The predicted octanol–water partition coefficient (Wildman–Crippen LogP) is 4.51. The van der Waals surface area contributed by atoms with Gasteiger partial charge in [0.2, 0.25) is 0 Å². The molecule has 2 rings (SSSR count). The minimum absolute atomic E-state index is 0.0647. The van der Waals surface area contributed by atoms with E-state index in [0.29, 0.717) is 11.1 Å². The van der Waals surface area contributed by atoms with Crippen molar-refractivity contribution < 1.29 is 13.5 Å². The molecule has 0 aliphatic carbocycles. The van der Waals surface area contributed by atoms with E-state index in [9.17, 15) is 8.78 Å². The molecule has 0 aromatic heterocycles. The third-order valence-corrected chi connectivity index (χ3v) is 2.91. The summed E-state index contributed by atoms with van der Waals surface area (Å²) in [5.41, 5.74) is 1.24. The Morgan fingerprint density at radius 1 is 1.11 bits per heavy atom. The van der Waals surface area contributed by atoms with Gasteiger partial charge in [-0.2, -0.15) is 0 Å². The highest BCUT2D eigenvalue weighted by Gasteiger charge is 2.07. The van der Waals surface area contributed by atoms with E-state index in [2.05, 4.69) is 0 Å². The summed E-state index contributed by atoms with van der Waals surface area (Å²) in [6, 6.07) is 9.14. The number of hydrogen-bond donors (Lipinski definition) is 0. The zero-order valence-electron chi connectivity index (χ0n) is 9.71. The van der Waals surface area contributed by atoms with Gasteiger partial charge in [-0.25, -0.2) is 8.78 Å². The molecule has 2 aromatic rings. The van der Waals surface area contributed by atoms with Crippen LogP contribution in [0.3, 0.4) is 0 Å². The van der Waals surface area contributed by atoms with Gasteiger partial charge in [0.05, 0.1) is 0 Å². The summed E-state index contributed by atoms with van der Waals surface area (Å²) < 4.78 is 31.8. The molecule has 0 aliphatic heterocycles. The minimum atomic E-state index is -0.538. The number of ether oxygens (including phenoxy) is 1. The zero-order valence-corrected chi connectivity index (χ0v) is 10.5. The molecule has 1 nitrogen and oxygen atoms in total. The van der Waals surface area contributed by atoms with E-state index < -0.39 is 5.82 Å². The second kappa shape index (κ2) is 5.36. The Morgan fingerprint density at radius 2 is 1.89 bits per heavy atom. The van der Waals surface area contributed by atoms with Gasteiger partial charge in [-0.1, -0.05) is 29.8 Å². The Balaban J connectivity index is 2.11. The van der Waals surface area contributed by atoms with Gasteiger partial charge >= 0.3 is 0 Å². The molecule has 0 saturated heterocycles. The molecule has 0 N–H and O–H groups in total. The van der Waals surface area contributed by atoms with Crippen molar-refractivity contribution in [2.75, 3.05) is 0 Å². The highest BCUT2D eigenvalue weighted by atomic mass is 35.5. The molecule has 0 aliphatic rings. The Kier molecular flexibility index (Phi) is 3.82. The largest absolute Gasteiger partial charge is 0.487 e. The molecule has 2 aromatic carbocycles. The van der Waals surface area contributed by atoms with E-state index in [1.165, 1.54) is 18.2 Å². The number of rotatable bonds is 3. The molecule has 94 valence electrons. The molecule has 0 atom stereocenters. The molecule has 0 amide bonds. The van der Waals surface area contributed by atoms with Crippen LogP contribution in [0.2, 0.25) is 5.02 Å². The molecular weight excluding hydrogens is 258 g/mol. The van der Waals surface area contributed by atoms with Crippen LogP contribution in [0.15, 0.2) is 36.4 Å². The molecule has 4 heteroatoms. The van der Waals surface area contributed by atoms with Crippen molar-refractivity contribution in [2.45, 2.75) is 13.5 Å². The highest BCUT2D eigenvalue weighted by molar-refractivity contribution is 6.32. The van der Waals surface area contributed by atoms with E-state index in [0.717, 1.165) is 0 Å². The summed E-state index contributed by atoms with van der Waals surface area (Å²) in [6.07, 6.45) is 0. The Hall–Kier alpha value is -1.61. The van der Waals surface area contributed by atoms with Crippen molar-refractivity contribution in [1.29, 1.82) is 0 Å². The monoisotopic (exact) mass is 268 g/mol. The molecule has 0 bridgehead atoms. The third-order valence-electron chi connectivity index (χ3n) is 2.55. The van der Waals surface area contributed by atoms with Gasteiger partial charge in [-0.3, -0.25) is 0 Å². The van der Waals surface area contributed by atoms with Crippen LogP contribution in [0.25, 0.3) is 0 Å². The van der Waals surface area contributed by atoms with Crippen LogP contribution in [-0.2, 0) is 6.61 Å². The van der Waals surface area contributed by atoms with Crippen molar-refractivity contribution in [3.05, 3.63) is 64.2 Å². The van der Waals surface area contributed by atoms with Gasteiger partial charge in [0.1, 0.15) is 29.0 Å². The average molecular weight is 269 g/mol. The van der Waals surface area contributed by atoms with Crippen molar-refractivity contribution >= 4 is 11.6 Å². The average Bonchev–Trinajstić information content (AvgIpc) is 2.35. The standard InChI is InChI=1S/C14H11ClF2O/c1-9-5-6-10(7-12(9)17)8-18-13-4-2-3-11(16)14(13)15/h2-7H,8H2,1H3. The third kappa shape index (κ3) is 2.79. The fraction of sp³-hybridized carbons (Fsp3) is 0.143. The number of halogens is 3. The minimum Gasteiger partial charge on any atom is -0.487 e. The second-order valence-electron chi connectivity index (χ2n) is 3.92. The van der Waals surface area contributed by atoms with Crippen molar-refractivity contribution in [3.63, 3.8) is 0 Å². The van der Waals surface area contributed by atoms with Gasteiger partial charge in [-0.15, -0.1) is 0 Å². The zero-order chi connectivity index (χ0) is 13.1. The first-order valence-electron chi connectivity index (χ1n) is 5.40. The molecule has 0 fully saturated rings. The van der Waals surface area contributed by atoms with Gasteiger partial charge in [0, 0.05) is 0 Å². The van der Waals surface area contributed by atoms with Crippen LogP contribution in [0, 0.1) is 18.6 Å². The number of benzene rings is 2. The molecule has 0 radical (unpaired) electrons. The Labute approximate surface area is 109 Å². The molecule has 18 heavy (non-hydrogen) atoms. The molecular formula is C14H11ClF2O. The van der Waals surface area contributed by atoms with Gasteiger partial charge in [-0.05, 0) is 36.2 Å². The fourth-order valence-electron chi connectivity index (χ4n) is 1.48. The first-order chi connectivity index (χ1) is 8.58. The first kappa shape index (κ1) is 12.8. The van der Waals surface area contributed by atoms with Gasteiger partial charge in [0.25, 0.3) is 0 Å². The fourth-order valence-corrected chi connectivity index (χ4v) is 1.66. The summed E-state index contributed by atoms with van der Waals surface area (Å²) >= 11 is 5.74. The lowest BCUT2D eigenvalue weighted by Gasteiger charge is -2.09. The first-order valence-corrected chi connectivity index (χ1v) is 5.77. The lowest BCUT2D eigenvalue weighted by Crippen LogP contribution is -1.98. The summed E-state index contributed by atoms with van der Waals surface area (Å²) in [6.45, 7) is 1.82. The lowest BCUT2D eigenvalue weighted by atomic mass is 10.1. The van der Waals surface area contributed by atoms with Crippen molar-refractivity contribution in [3.8, 4) is 5.75 Å². The molecule has 0 heterocycles. The quantitative estimate of drug-likeness (QED) is 0.796. The maximum atomic E-state index is 13.3. The van der Waals surface area contributed by atoms with Crippen LogP contribution < -0.4 is 4.74 Å². The van der Waals surface area contributed by atoms with E-state index in [1.807, 2.05) is 0 Å². The van der Waals surface area contributed by atoms with Crippen LogP contribution in [0.1, 0.15) is 11.1 Å². The van der Waals surface area contributed by atoms with Crippen LogP contribution in [0.4, 0.5) is 8.78 Å². The van der Waals surface area contributed by atoms with Crippen molar-refractivity contribution in [1.82, 2.24) is 0 Å². The van der Waals surface area contributed by atoms with Gasteiger partial charge in [0.15, 0.2) is 0 Å². The van der Waals surface area contributed by atoms with Crippen LogP contribution in [-0.4, -0.2) is 0 Å². The maximum Gasteiger partial charge on any atom is 0.145 e. The molecule has 0 unspecified atom stereocenters. The summed E-state index contributed by atoms with van der Waals surface area (Å²) in [4.78, 5) is 0.